The van der Waals surface area contributed by atoms with Crippen LogP contribution in [-0.2, 0) is 21.6 Å². The van der Waals surface area contributed by atoms with Crippen molar-refractivity contribution in [1.82, 2.24) is 15.0 Å². The van der Waals surface area contributed by atoms with E-state index in [9.17, 15) is 4.79 Å². The summed E-state index contributed by atoms with van der Waals surface area (Å²) < 4.78 is 13.6. The summed E-state index contributed by atoms with van der Waals surface area (Å²) in [6, 6.07) is 17.7. The van der Waals surface area contributed by atoms with E-state index in [0.29, 0.717) is 31.1 Å². The zero-order valence-corrected chi connectivity index (χ0v) is 17.2. The Kier molecular flexibility index (Phi) is 4.66. The molecular weight excluding hydrogens is 378 g/mol. The Balaban J connectivity index is 1.40. The van der Waals surface area contributed by atoms with Crippen molar-refractivity contribution in [3.05, 3.63) is 82.7 Å². The first kappa shape index (κ1) is 19.0. The molecule has 2 atom stereocenters. The predicted octanol–water partition coefficient (Wildman–Crippen LogP) is 4.37. The van der Waals surface area contributed by atoms with E-state index in [1.165, 1.54) is 5.56 Å². The van der Waals surface area contributed by atoms with Crippen LogP contribution in [0.15, 0.2) is 54.6 Å². The number of ether oxygens (including phenoxy) is 2. The second-order valence-corrected chi connectivity index (χ2v) is 8.46. The topological polar surface area (TPSA) is 69.5 Å². The van der Waals surface area contributed by atoms with Crippen LogP contribution in [0.25, 0.3) is 0 Å². The highest BCUT2D eigenvalue weighted by Crippen LogP contribution is 2.51. The summed E-state index contributed by atoms with van der Waals surface area (Å²) in [7, 11) is 0. The van der Waals surface area contributed by atoms with Crippen molar-refractivity contribution in [1.29, 1.82) is 0 Å². The van der Waals surface area contributed by atoms with Crippen LogP contribution in [0.2, 0.25) is 0 Å². The Morgan fingerprint density at radius 2 is 1.93 bits per heavy atom. The van der Waals surface area contributed by atoms with Crippen LogP contribution in [0.3, 0.4) is 0 Å². The SMILES string of the molecule is CC(C)c1ccc(Cn2nnc3c2C2(CCC3OC(=O)c3ccccc3)CO2)cc1. The summed E-state index contributed by atoms with van der Waals surface area (Å²) in [6.45, 7) is 5.66. The van der Waals surface area contributed by atoms with Gasteiger partial charge in [0.25, 0.3) is 0 Å². The van der Waals surface area contributed by atoms with Crippen LogP contribution < -0.4 is 0 Å². The van der Waals surface area contributed by atoms with Crippen molar-refractivity contribution in [2.24, 2.45) is 0 Å². The molecule has 2 aromatic carbocycles. The van der Waals surface area contributed by atoms with Crippen molar-refractivity contribution in [2.75, 3.05) is 6.61 Å². The van der Waals surface area contributed by atoms with Gasteiger partial charge in [-0.2, -0.15) is 0 Å². The van der Waals surface area contributed by atoms with Crippen molar-refractivity contribution in [3.8, 4) is 0 Å². The normalized spacial score (nSPS) is 22.2. The molecule has 1 aromatic heterocycles. The van der Waals surface area contributed by atoms with Crippen LogP contribution >= 0.6 is 0 Å². The fourth-order valence-corrected chi connectivity index (χ4v) is 4.18. The van der Waals surface area contributed by atoms with E-state index in [1.807, 2.05) is 22.9 Å². The average Bonchev–Trinajstić information content (AvgIpc) is 3.41. The quantitative estimate of drug-likeness (QED) is 0.467. The van der Waals surface area contributed by atoms with Gasteiger partial charge < -0.3 is 9.47 Å². The molecular formula is C24H25N3O3. The van der Waals surface area contributed by atoms with Gasteiger partial charge in [-0.25, -0.2) is 9.48 Å². The lowest BCUT2D eigenvalue weighted by atomic mass is 9.88. The second-order valence-electron chi connectivity index (χ2n) is 8.46. The van der Waals surface area contributed by atoms with Gasteiger partial charge in [-0.15, -0.1) is 5.10 Å². The third kappa shape index (κ3) is 3.41. The minimum Gasteiger partial charge on any atom is -0.452 e. The van der Waals surface area contributed by atoms with E-state index in [0.717, 1.165) is 23.4 Å². The van der Waals surface area contributed by atoms with E-state index >= 15 is 0 Å². The van der Waals surface area contributed by atoms with E-state index in [2.05, 4.69) is 48.4 Å². The Labute approximate surface area is 175 Å². The van der Waals surface area contributed by atoms with E-state index in [-0.39, 0.29) is 11.6 Å². The number of nitrogens with zero attached hydrogens (tertiary/aromatic N) is 3. The average molecular weight is 403 g/mol. The van der Waals surface area contributed by atoms with Gasteiger partial charge in [0.15, 0.2) is 0 Å². The van der Waals surface area contributed by atoms with Crippen molar-refractivity contribution in [2.45, 2.75) is 50.9 Å². The molecule has 0 N–H and O–H groups in total. The molecule has 6 nitrogen and oxygen atoms in total. The van der Waals surface area contributed by atoms with E-state index in [4.69, 9.17) is 9.47 Å². The van der Waals surface area contributed by atoms with Crippen LogP contribution in [0.4, 0.5) is 0 Å². The molecule has 1 fully saturated rings. The summed E-state index contributed by atoms with van der Waals surface area (Å²) >= 11 is 0. The lowest BCUT2D eigenvalue weighted by molar-refractivity contribution is 0.0202. The van der Waals surface area contributed by atoms with Gasteiger partial charge in [-0.05, 0) is 42.0 Å². The molecule has 2 unspecified atom stereocenters. The molecule has 1 saturated heterocycles. The predicted molar refractivity (Wildman–Crippen MR) is 111 cm³/mol. The minimum absolute atomic E-state index is 0.327. The Morgan fingerprint density at radius 3 is 2.60 bits per heavy atom. The fourth-order valence-electron chi connectivity index (χ4n) is 4.18. The molecule has 0 amide bonds. The standard InChI is InChI=1S/C24H25N3O3/c1-16(2)18-10-8-17(9-11-18)14-27-22-21(25-26-27)20(12-13-24(22)15-29-24)30-23(28)19-6-4-3-5-7-19/h3-11,16,20H,12-15H2,1-2H3. The van der Waals surface area contributed by atoms with Gasteiger partial charge in [0.2, 0.25) is 0 Å². The fraction of sp³-hybridized carbons (Fsp3) is 0.375. The zero-order chi connectivity index (χ0) is 20.7. The summed E-state index contributed by atoms with van der Waals surface area (Å²) in [4.78, 5) is 12.6. The van der Waals surface area contributed by atoms with Crippen LogP contribution in [0.5, 0.6) is 0 Å². The van der Waals surface area contributed by atoms with Crippen LogP contribution in [0, 0.1) is 0 Å². The number of aromatic nitrogens is 3. The summed E-state index contributed by atoms with van der Waals surface area (Å²) in [5.74, 6) is 0.166. The third-order valence-electron chi connectivity index (χ3n) is 6.04. The Bertz CT molecular complexity index is 1050. The molecule has 2 heterocycles. The second kappa shape index (κ2) is 7.36. The molecule has 30 heavy (non-hydrogen) atoms. The van der Waals surface area contributed by atoms with Crippen molar-refractivity contribution >= 4 is 5.97 Å². The molecule has 5 rings (SSSR count). The highest BCUT2D eigenvalue weighted by molar-refractivity contribution is 5.89. The number of benzene rings is 2. The maximum Gasteiger partial charge on any atom is 0.338 e. The lowest BCUT2D eigenvalue weighted by Crippen LogP contribution is -2.27. The van der Waals surface area contributed by atoms with Gasteiger partial charge in [0.05, 0.1) is 18.7 Å². The van der Waals surface area contributed by atoms with Gasteiger partial charge in [-0.1, -0.05) is 61.5 Å². The van der Waals surface area contributed by atoms with Gasteiger partial charge in [0, 0.05) is 0 Å². The van der Waals surface area contributed by atoms with Crippen LogP contribution in [-0.4, -0.2) is 27.6 Å². The van der Waals surface area contributed by atoms with Crippen molar-refractivity contribution < 1.29 is 14.3 Å². The number of fused-ring (bicyclic) bond motifs is 2. The Morgan fingerprint density at radius 1 is 1.20 bits per heavy atom. The van der Waals surface area contributed by atoms with E-state index in [1.54, 1.807) is 12.1 Å². The molecule has 3 aromatic rings. The number of epoxide rings is 1. The summed E-state index contributed by atoms with van der Waals surface area (Å²) in [6.07, 6.45) is 1.08. The monoisotopic (exact) mass is 403 g/mol. The largest absolute Gasteiger partial charge is 0.452 e. The maximum absolute atomic E-state index is 12.6. The zero-order valence-electron chi connectivity index (χ0n) is 17.2. The first-order valence-electron chi connectivity index (χ1n) is 10.5. The molecule has 0 bridgehead atoms. The molecule has 2 aliphatic rings. The van der Waals surface area contributed by atoms with Crippen LogP contribution in [0.1, 0.15) is 71.6 Å². The summed E-state index contributed by atoms with van der Waals surface area (Å²) in [5.41, 5.74) is 4.36. The third-order valence-corrected chi connectivity index (χ3v) is 6.04. The molecule has 0 radical (unpaired) electrons. The number of carbonyl (C=O) groups is 1. The Hall–Kier alpha value is -2.99. The highest BCUT2D eigenvalue weighted by atomic mass is 16.6. The van der Waals surface area contributed by atoms with Gasteiger partial charge in [-0.3, -0.25) is 0 Å². The molecule has 6 heteroatoms. The molecule has 1 spiro atoms. The number of carbonyl (C=O) groups excluding carboxylic acids is 1. The first-order valence-corrected chi connectivity index (χ1v) is 10.5. The highest BCUT2D eigenvalue weighted by Gasteiger charge is 2.55. The number of hydrogen-bond acceptors (Lipinski definition) is 5. The summed E-state index contributed by atoms with van der Waals surface area (Å²) in [5, 5.41) is 8.83. The molecule has 154 valence electrons. The minimum atomic E-state index is -0.403. The van der Waals surface area contributed by atoms with Gasteiger partial charge >= 0.3 is 5.97 Å². The molecule has 1 aliphatic heterocycles. The number of rotatable bonds is 5. The first-order chi connectivity index (χ1) is 14.6. The smallest absolute Gasteiger partial charge is 0.338 e. The van der Waals surface area contributed by atoms with Crippen molar-refractivity contribution in [3.63, 3.8) is 0 Å². The molecule has 0 saturated carbocycles. The lowest BCUT2D eigenvalue weighted by Gasteiger charge is -2.26. The number of esters is 1. The van der Waals surface area contributed by atoms with Gasteiger partial charge in [0.1, 0.15) is 23.1 Å². The van der Waals surface area contributed by atoms with E-state index < -0.39 is 6.10 Å². The maximum atomic E-state index is 12.6. The number of hydrogen-bond donors (Lipinski definition) is 0. The molecule has 1 aliphatic carbocycles.